The molecule has 0 aliphatic carbocycles. The molecule has 44 heavy (non-hydrogen) atoms. The van der Waals surface area contributed by atoms with E-state index >= 15 is 0 Å². The molecule has 0 spiro atoms. The highest BCUT2D eigenvalue weighted by Crippen LogP contribution is 2.39. The third kappa shape index (κ3) is 6.61. The first kappa shape index (κ1) is 32.2. The minimum atomic E-state index is -0.698. The fourth-order valence-electron chi connectivity index (χ4n) is 4.97. The lowest BCUT2D eigenvalue weighted by Crippen LogP contribution is -2.33. The SMILES string of the molecule is CCCCCn1c(=NC(=O)c2cc(OCC)c(OCC)c(OCC)c2)c(C(=O)OCC)cc2c(=O)n3cccc(C)c3nc21. The van der Waals surface area contributed by atoms with Crippen LogP contribution in [0.3, 0.4) is 0 Å². The number of carbonyl (C=O) groups is 2. The predicted octanol–water partition coefficient (Wildman–Crippen LogP) is 5.26. The van der Waals surface area contributed by atoms with E-state index in [0.717, 1.165) is 18.4 Å². The van der Waals surface area contributed by atoms with Gasteiger partial charge in [0.25, 0.3) is 11.5 Å². The van der Waals surface area contributed by atoms with Gasteiger partial charge in [-0.05, 0) is 70.9 Å². The van der Waals surface area contributed by atoms with E-state index in [1.54, 1.807) is 35.9 Å². The maximum atomic E-state index is 13.9. The lowest BCUT2D eigenvalue weighted by atomic mass is 10.1. The summed E-state index contributed by atoms with van der Waals surface area (Å²) in [5.74, 6) is -0.258. The Morgan fingerprint density at radius 3 is 2.18 bits per heavy atom. The van der Waals surface area contributed by atoms with Crippen LogP contribution in [0.4, 0.5) is 0 Å². The summed E-state index contributed by atoms with van der Waals surface area (Å²) in [6.07, 6.45) is 4.17. The normalized spacial score (nSPS) is 11.6. The Hall–Kier alpha value is -4.67. The molecule has 0 saturated carbocycles. The number of unbranched alkanes of at least 4 members (excludes halogenated alkanes) is 2. The second-order valence-corrected chi connectivity index (χ2v) is 10.0. The number of nitrogens with zero attached hydrogens (tertiary/aromatic N) is 4. The van der Waals surface area contributed by atoms with Gasteiger partial charge in [-0.15, -0.1) is 0 Å². The fourth-order valence-corrected chi connectivity index (χ4v) is 4.97. The number of aryl methyl sites for hydroxylation is 2. The Morgan fingerprint density at radius 2 is 1.57 bits per heavy atom. The fraction of sp³-hybridized carbons (Fsp3) is 0.424. The van der Waals surface area contributed by atoms with Crippen LogP contribution in [0, 0.1) is 6.92 Å². The Bertz CT molecular complexity index is 1780. The van der Waals surface area contributed by atoms with E-state index in [9.17, 15) is 14.4 Å². The summed E-state index contributed by atoms with van der Waals surface area (Å²) in [6.45, 7) is 12.7. The second kappa shape index (κ2) is 14.7. The van der Waals surface area contributed by atoms with Crippen LogP contribution in [-0.4, -0.2) is 52.3 Å². The predicted molar refractivity (Wildman–Crippen MR) is 167 cm³/mol. The molecule has 0 saturated heterocycles. The van der Waals surface area contributed by atoms with Crippen LogP contribution in [-0.2, 0) is 11.3 Å². The molecule has 1 aromatic carbocycles. The number of aromatic nitrogens is 3. The van der Waals surface area contributed by atoms with E-state index in [1.807, 2.05) is 33.8 Å². The van der Waals surface area contributed by atoms with E-state index in [2.05, 4.69) is 11.9 Å². The average Bonchev–Trinajstić information content (AvgIpc) is 3.00. The summed E-state index contributed by atoms with van der Waals surface area (Å²) in [7, 11) is 0. The average molecular weight is 605 g/mol. The molecule has 0 bridgehead atoms. The van der Waals surface area contributed by atoms with Gasteiger partial charge in [-0.3, -0.25) is 14.0 Å². The molecule has 0 atom stereocenters. The van der Waals surface area contributed by atoms with Crippen molar-refractivity contribution in [2.75, 3.05) is 26.4 Å². The number of pyridine rings is 2. The van der Waals surface area contributed by atoms with Gasteiger partial charge in [0.05, 0.1) is 31.8 Å². The molecule has 4 rings (SSSR count). The van der Waals surface area contributed by atoms with Crippen molar-refractivity contribution >= 4 is 28.6 Å². The molecule has 0 aliphatic heterocycles. The summed E-state index contributed by atoms with van der Waals surface area (Å²) in [4.78, 5) is 50.3. The number of rotatable bonds is 13. The minimum absolute atomic E-state index is 0.00305. The zero-order valence-corrected chi connectivity index (χ0v) is 26.3. The topological polar surface area (TPSA) is 123 Å². The first-order valence-electron chi connectivity index (χ1n) is 15.2. The van der Waals surface area contributed by atoms with Crippen molar-refractivity contribution in [3.8, 4) is 17.2 Å². The van der Waals surface area contributed by atoms with Gasteiger partial charge in [0.1, 0.15) is 16.9 Å². The van der Waals surface area contributed by atoms with E-state index < -0.39 is 11.9 Å². The van der Waals surface area contributed by atoms with Crippen molar-refractivity contribution in [2.24, 2.45) is 4.99 Å². The molecule has 0 fully saturated rings. The van der Waals surface area contributed by atoms with E-state index in [4.69, 9.17) is 23.9 Å². The largest absolute Gasteiger partial charge is 0.490 e. The van der Waals surface area contributed by atoms with Crippen molar-refractivity contribution in [1.82, 2.24) is 14.0 Å². The van der Waals surface area contributed by atoms with Crippen molar-refractivity contribution in [3.05, 3.63) is 69.1 Å². The molecule has 11 nitrogen and oxygen atoms in total. The molecule has 0 radical (unpaired) electrons. The Kier molecular flexibility index (Phi) is 10.8. The highest BCUT2D eigenvalue weighted by atomic mass is 16.5. The van der Waals surface area contributed by atoms with Crippen LogP contribution < -0.4 is 25.3 Å². The molecule has 0 unspecified atom stereocenters. The third-order valence-electron chi connectivity index (χ3n) is 6.95. The number of amides is 1. The monoisotopic (exact) mass is 604 g/mol. The van der Waals surface area contributed by atoms with Gasteiger partial charge < -0.3 is 23.5 Å². The second-order valence-electron chi connectivity index (χ2n) is 10.0. The molecule has 4 aromatic rings. The Balaban J connectivity index is 2.08. The molecule has 0 N–H and O–H groups in total. The van der Waals surface area contributed by atoms with Gasteiger partial charge in [0, 0.05) is 18.3 Å². The number of fused-ring (bicyclic) bond motifs is 2. The molecular formula is C33H40N4O7. The third-order valence-corrected chi connectivity index (χ3v) is 6.95. The molecular weight excluding hydrogens is 564 g/mol. The maximum absolute atomic E-state index is 13.9. The van der Waals surface area contributed by atoms with Crippen molar-refractivity contribution in [2.45, 2.75) is 67.3 Å². The number of ether oxygens (including phenoxy) is 4. The molecule has 1 amide bonds. The van der Waals surface area contributed by atoms with Gasteiger partial charge in [-0.25, -0.2) is 9.78 Å². The van der Waals surface area contributed by atoms with Crippen molar-refractivity contribution in [3.63, 3.8) is 0 Å². The van der Waals surface area contributed by atoms with E-state index in [0.29, 0.717) is 61.3 Å². The molecule has 11 heteroatoms. The van der Waals surface area contributed by atoms with Gasteiger partial charge in [-0.1, -0.05) is 25.8 Å². The first-order chi connectivity index (χ1) is 21.3. The Labute approximate surface area is 256 Å². The van der Waals surface area contributed by atoms with Crippen LogP contribution in [0.25, 0.3) is 16.7 Å². The summed E-state index contributed by atoms with van der Waals surface area (Å²) in [5.41, 5.74) is 1.51. The minimum Gasteiger partial charge on any atom is -0.490 e. The van der Waals surface area contributed by atoms with Gasteiger partial charge >= 0.3 is 5.97 Å². The van der Waals surface area contributed by atoms with Gasteiger partial charge in [-0.2, -0.15) is 4.99 Å². The first-order valence-corrected chi connectivity index (χ1v) is 15.2. The lowest BCUT2D eigenvalue weighted by molar-refractivity contribution is 0.0523. The van der Waals surface area contributed by atoms with E-state index in [-0.39, 0.29) is 34.2 Å². The number of hydrogen-bond acceptors (Lipinski definition) is 8. The number of carbonyl (C=O) groups excluding carboxylic acids is 2. The van der Waals surface area contributed by atoms with Crippen molar-refractivity contribution in [1.29, 1.82) is 0 Å². The lowest BCUT2D eigenvalue weighted by Gasteiger charge is -2.17. The smallest absolute Gasteiger partial charge is 0.341 e. The van der Waals surface area contributed by atoms with Crippen LogP contribution in [0.1, 0.15) is 80.2 Å². The number of hydrogen-bond donors (Lipinski definition) is 0. The molecule has 234 valence electrons. The summed E-state index contributed by atoms with van der Waals surface area (Å²) in [5, 5.41) is 0.220. The van der Waals surface area contributed by atoms with E-state index in [1.165, 1.54) is 10.5 Å². The number of benzene rings is 1. The van der Waals surface area contributed by atoms with Gasteiger partial charge in [0.15, 0.2) is 17.0 Å². The van der Waals surface area contributed by atoms with Crippen LogP contribution in [0.2, 0.25) is 0 Å². The summed E-state index contributed by atoms with van der Waals surface area (Å²) >= 11 is 0. The quantitative estimate of drug-likeness (QED) is 0.115. The van der Waals surface area contributed by atoms with Gasteiger partial charge in [0.2, 0.25) is 5.75 Å². The van der Waals surface area contributed by atoms with Crippen LogP contribution in [0.5, 0.6) is 17.2 Å². The van der Waals surface area contributed by atoms with Crippen molar-refractivity contribution < 1.29 is 28.5 Å². The molecule has 3 aromatic heterocycles. The highest BCUT2D eigenvalue weighted by molar-refractivity contribution is 5.98. The maximum Gasteiger partial charge on any atom is 0.341 e. The molecule has 0 aliphatic rings. The molecule has 3 heterocycles. The summed E-state index contributed by atoms with van der Waals surface area (Å²) in [6, 6.07) is 8.17. The zero-order chi connectivity index (χ0) is 31.8. The van der Waals surface area contributed by atoms with Crippen LogP contribution in [0.15, 0.2) is 46.3 Å². The standard InChI is InChI=1S/C33H40N4O7/c1-7-12-13-16-36-29-23(32(39)37-17-14-15-21(6)28(37)34-29)20-24(33(40)44-11-5)30(36)35-31(38)22-18-25(41-8-2)27(43-10-4)26(19-22)42-9-3/h14-15,17-20H,7-13,16H2,1-6H3. The highest BCUT2D eigenvalue weighted by Gasteiger charge is 2.22. The number of esters is 1. The Morgan fingerprint density at radius 1 is 0.886 bits per heavy atom. The van der Waals surface area contributed by atoms with Crippen LogP contribution >= 0.6 is 0 Å². The zero-order valence-electron chi connectivity index (χ0n) is 26.3. The summed E-state index contributed by atoms with van der Waals surface area (Å²) < 4.78 is 25.9.